The molecule has 11 heteroatoms. The number of tetrazole rings is 1. The van der Waals surface area contributed by atoms with E-state index in [1.807, 2.05) is 23.1 Å². The maximum atomic E-state index is 14.5. The molecule has 10 nitrogen and oxygen atoms in total. The van der Waals surface area contributed by atoms with Gasteiger partial charge in [-0.05, 0) is 102 Å². The molecule has 3 aliphatic rings. The van der Waals surface area contributed by atoms with Crippen LogP contribution in [0, 0.1) is 17.1 Å². The number of likely N-dealkylation sites (tertiary alicyclic amines) is 2. The fraction of sp³-hybridized carbons (Fsp3) is 0.448. The van der Waals surface area contributed by atoms with Crippen molar-refractivity contribution < 1.29 is 14.0 Å². The molecule has 2 saturated heterocycles. The van der Waals surface area contributed by atoms with Crippen molar-refractivity contribution in [2.24, 2.45) is 0 Å². The number of hydrogen-bond donors (Lipinski definition) is 2. The van der Waals surface area contributed by atoms with Crippen LogP contribution >= 0.6 is 0 Å². The van der Waals surface area contributed by atoms with E-state index in [-0.39, 0.29) is 30.2 Å². The summed E-state index contributed by atoms with van der Waals surface area (Å²) in [5.41, 5.74) is 3.47. The highest BCUT2D eigenvalue weighted by Crippen LogP contribution is 2.46. The van der Waals surface area contributed by atoms with Crippen molar-refractivity contribution in [1.29, 1.82) is 5.26 Å². The number of aromatic amines is 1. The fourth-order valence-electron chi connectivity index (χ4n) is 6.41. The van der Waals surface area contributed by atoms with E-state index in [1.54, 1.807) is 17.0 Å². The molecule has 2 aromatic carbocycles. The van der Waals surface area contributed by atoms with Crippen LogP contribution in [0.1, 0.15) is 64.1 Å². The summed E-state index contributed by atoms with van der Waals surface area (Å²) in [6.07, 6.45) is 4.26. The Morgan fingerprint density at radius 2 is 1.88 bits per heavy atom. The lowest BCUT2D eigenvalue weighted by molar-refractivity contribution is -0.130. The second-order valence-electron chi connectivity index (χ2n) is 10.8. The van der Waals surface area contributed by atoms with Gasteiger partial charge in [-0.2, -0.15) is 5.26 Å². The van der Waals surface area contributed by atoms with E-state index in [2.05, 4.69) is 32.0 Å². The molecule has 0 radical (unpaired) electrons. The van der Waals surface area contributed by atoms with Crippen molar-refractivity contribution in [3.63, 3.8) is 0 Å². The predicted molar refractivity (Wildman–Crippen MR) is 143 cm³/mol. The van der Waals surface area contributed by atoms with Crippen molar-refractivity contribution >= 4 is 11.8 Å². The number of carbonyl (C=O) groups excluding carboxylic acids is 2. The number of carbonyl (C=O) groups is 2. The number of aryl methyl sites for hydroxylation is 2. The van der Waals surface area contributed by atoms with Gasteiger partial charge in [-0.1, -0.05) is 12.1 Å². The molecule has 2 atom stereocenters. The first-order valence-corrected chi connectivity index (χ1v) is 13.9. The number of aromatic nitrogens is 4. The van der Waals surface area contributed by atoms with Crippen LogP contribution in [0.5, 0.6) is 0 Å². The summed E-state index contributed by atoms with van der Waals surface area (Å²) >= 11 is 0. The van der Waals surface area contributed by atoms with Gasteiger partial charge < -0.3 is 15.1 Å². The Hall–Kier alpha value is -4.17. The number of nitrogens with zero attached hydrogens (tertiary/aromatic N) is 6. The summed E-state index contributed by atoms with van der Waals surface area (Å²) in [6.45, 7) is 2.67. The van der Waals surface area contributed by atoms with E-state index in [0.717, 1.165) is 48.2 Å². The van der Waals surface area contributed by atoms with Crippen molar-refractivity contribution in [2.75, 3.05) is 32.7 Å². The van der Waals surface area contributed by atoms with Gasteiger partial charge in [0.05, 0.1) is 18.0 Å². The third-order valence-corrected chi connectivity index (χ3v) is 8.57. The Bertz CT molecular complexity index is 1470. The molecule has 3 aromatic rings. The molecular formula is C29H31FN8O2. The van der Waals surface area contributed by atoms with Crippen LogP contribution in [0.4, 0.5) is 4.39 Å². The van der Waals surface area contributed by atoms with Gasteiger partial charge in [0, 0.05) is 25.2 Å². The quantitative estimate of drug-likeness (QED) is 0.437. The van der Waals surface area contributed by atoms with Crippen LogP contribution in [0.2, 0.25) is 0 Å². The molecule has 3 heterocycles. The lowest BCUT2D eigenvalue weighted by atomic mass is 9.69. The minimum absolute atomic E-state index is 0.0200. The van der Waals surface area contributed by atoms with Gasteiger partial charge in [0.1, 0.15) is 11.9 Å². The molecule has 206 valence electrons. The smallest absolute Gasteiger partial charge is 0.253 e. The van der Waals surface area contributed by atoms with Gasteiger partial charge in [0.25, 0.3) is 5.91 Å². The standard InChI is InChI=1S/C29H31FN8O2/c30-22-7-9-25-20(16-22)5-4-19-15-21(27(40)37-12-2-13-37)6-8-24(19)29(25,28-33-35-36-34-28)10-11-32-18-26(39)38-14-1-3-23(38)17-31/h6-9,15-16,23,32H,1-5,10-14,18H2,(H,33,34,35,36). The lowest BCUT2D eigenvalue weighted by Gasteiger charge is -2.35. The van der Waals surface area contributed by atoms with Crippen LogP contribution in [-0.4, -0.2) is 81.0 Å². The molecule has 40 heavy (non-hydrogen) atoms. The molecule has 0 spiro atoms. The van der Waals surface area contributed by atoms with Crippen LogP contribution in [-0.2, 0) is 23.1 Å². The van der Waals surface area contributed by atoms with E-state index in [0.29, 0.717) is 50.2 Å². The van der Waals surface area contributed by atoms with E-state index in [9.17, 15) is 19.2 Å². The summed E-state index contributed by atoms with van der Waals surface area (Å²) in [4.78, 5) is 29.4. The number of amides is 2. The van der Waals surface area contributed by atoms with Gasteiger partial charge in [-0.15, -0.1) is 5.10 Å². The molecule has 2 amide bonds. The number of fused-ring (bicyclic) bond motifs is 2. The highest BCUT2D eigenvalue weighted by atomic mass is 19.1. The average Bonchev–Trinajstić information content (AvgIpc) is 3.62. The lowest BCUT2D eigenvalue weighted by Crippen LogP contribution is -2.42. The number of benzene rings is 2. The number of hydrogen-bond acceptors (Lipinski definition) is 7. The maximum absolute atomic E-state index is 14.5. The first-order chi connectivity index (χ1) is 19.5. The molecular weight excluding hydrogens is 511 g/mol. The highest BCUT2D eigenvalue weighted by molar-refractivity contribution is 5.95. The summed E-state index contributed by atoms with van der Waals surface area (Å²) in [6, 6.07) is 12.5. The number of H-pyrrole nitrogens is 1. The monoisotopic (exact) mass is 542 g/mol. The van der Waals surface area contributed by atoms with Gasteiger partial charge in [0.15, 0.2) is 5.82 Å². The number of nitriles is 1. The molecule has 0 saturated carbocycles. The van der Waals surface area contributed by atoms with E-state index in [4.69, 9.17) is 0 Å². The Balaban J connectivity index is 1.36. The molecule has 2 fully saturated rings. The minimum atomic E-state index is -0.865. The van der Waals surface area contributed by atoms with Crippen LogP contribution < -0.4 is 5.32 Å². The van der Waals surface area contributed by atoms with E-state index in [1.165, 1.54) is 6.07 Å². The SMILES string of the molecule is N#CC1CCCN1C(=O)CNCCC1(c2nnn[nH]2)c2ccc(F)cc2CCc2cc(C(=O)N3CCC3)ccc21. The van der Waals surface area contributed by atoms with Crippen molar-refractivity contribution in [3.05, 3.63) is 75.9 Å². The molecule has 2 aliphatic heterocycles. The second kappa shape index (κ2) is 10.8. The number of rotatable bonds is 7. The normalized spacial score (nSPS) is 21.6. The number of nitrogens with one attached hydrogen (secondary N) is 2. The molecule has 2 unspecified atom stereocenters. The largest absolute Gasteiger partial charge is 0.339 e. The van der Waals surface area contributed by atoms with Crippen LogP contribution in [0.25, 0.3) is 0 Å². The molecule has 2 N–H and O–H groups in total. The Kier molecular flexibility index (Phi) is 7.02. The zero-order chi connectivity index (χ0) is 27.7. The van der Waals surface area contributed by atoms with Gasteiger partial charge in [0.2, 0.25) is 5.91 Å². The second-order valence-corrected chi connectivity index (χ2v) is 10.8. The predicted octanol–water partition coefficient (Wildman–Crippen LogP) is 2.11. The van der Waals surface area contributed by atoms with E-state index >= 15 is 0 Å². The first-order valence-electron chi connectivity index (χ1n) is 13.9. The summed E-state index contributed by atoms with van der Waals surface area (Å²) in [5, 5.41) is 27.7. The Labute approximate surface area is 231 Å². The minimum Gasteiger partial charge on any atom is -0.339 e. The average molecular weight is 543 g/mol. The topological polar surface area (TPSA) is 131 Å². The fourth-order valence-corrected chi connectivity index (χ4v) is 6.41. The van der Waals surface area contributed by atoms with Crippen LogP contribution in [0.15, 0.2) is 36.4 Å². The van der Waals surface area contributed by atoms with E-state index < -0.39 is 5.41 Å². The molecule has 1 aliphatic carbocycles. The summed E-state index contributed by atoms with van der Waals surface area (Å²) in [5.74, 6) is 0.121. The number of halogens is 1. The summed E-state index contributed by atoms with van der Waals surface area (Å²) in [7, 11) is 0. The Morgan fingerprint density at radius 3 is 2.58 bits per heavy atom. The highest BCUT2D eigenvalue weighted by Gasteiger charge is 2.44. The third-order valence-electron chi connectivity index (χ3n) is 8.57. The van der Waals surface area contributed by atoms with Crippen molar-refractivity contribution in [1.82, 2.24) is 35.7 Å². The zero-order valence-electron chi connectivity index (χ0n) is 22.2. The third kappa shape index (κ3) is 4.52. The molecule has 6 rings (SSSR count). The molecule has 1 aromatic heterocycles. The van der Waals surface area contributed by atoms with Crippen LogP contribution in [0.3, 0.4) is 0 Å². The van der Waals surface area contributed by atoms with Gasteiger partial charge in [-0.3, -0.25) is 9.59 Å². The first kappa shape index (κ1) is 26.1. The Morgan fingerprint density at radius 1 is 1.10 bits per heavy atom. The molecule has 0 bridgehead atoms. The summed E-state index contributed by atoms with van der Waals surface area (Å²) < 4.78 is 14.5. The zero-order valence-corrected chi connectivity index (χ0v) is 22.2. The van der Waals surface area contributed by atoms with Gasteiger partial charge in [-0.25, -0.2) is 9.49 Å². The van der Waals surface area contributed by atoms with Gasteiger partial charge >= 0.3 is 0 Å². The van der Waals surface area contributed by atoms with Crippen molar-refractivity contribution in [2.45, 2.75) is 50.0 Å². The maximum Gasteiger partial charge on any atom is 0.253 e. The van der Waals surface area contributed by atoms with Crippen molar-refractivity contribution in [3.8, 4) is 6.07 Å².